The Balaban J connectivity index is -0.000000270. The number of rotatable bonds is 6. The first kappa shape index (κ1) is 52.4. The Morgan fingerprint density at radius 1 is 0.878 bits per heavy atom. The summed E-state index contributed by atoms with van der Waals surface area (Å²) >= 11 is 14.4. The van der Waals surface area contributed by atoms with Gasteiger partial charge in [0.05, 0.1) is 11.1 Å². The molecule has 2 aromatic rings. The van der Waals surface area contributed by atoms with Crippen molar-refractivity contribution < 1.29 is 31.1 Å². The normalized spacial score (nSPS) is 9.35. The Bertz CT molecular complexity index is 1320. The van der Waals surface area contributed by atoms with Gasteiger partial charge in [-0.1, -0.05) is 79.8 Å². The number of hydrogen-bond acceptors (Lipinski definition) is 5. The summed E-state index contributed by atoms with van der Waals surface area (Å²) in [5.41, 5.74) is -1.04. The van der Waals surface area contributed by atoms with E-state index < -0.39 is 34.2 Å². The van der Waals surface area contributed by atoms with Crippen LogP contribution in [0, 0.1) is 40.6 Å². The molecule has 0 aliphatic rings. The third-order valence-corrected chi connectivity index (χ3v) is 4.88. The number of nitriles is 3. The van der Waals surface area contributed by atoms with Crippen molar-refractivity contribution in [2.75, 3.05) is 26.2 Å². The Labute approximate surface area is 304 Å². The molecule has 0 aromatic heterocycles. The van der Waals surface area contributed by atoms with Gasteiger partial charge in [-0.05, 0) is 55.5 Å². The number of carbonyl (C=O) groups excluding carboxylic acids is 1. The molecule has 7 radical (unpaired) electrons. The molecule has 20 heteroatoms. The third-order valence-electron chi connectivity index (χ3n) is 4.88. The van der Waals surface area contributed by atoms with Gasteiger partial charge in [0.15, 0.2) is 4.30 Å². The minimum atomic E-state index is -4.38. The molecule has 49 heavy (non-hydrogen) atoms. The Hall–Kier alpha value is -3.46. The Morgan fingerprint density at radius 3 is 1.37 bits per heavy atom. The van der Waals surface area contributed by atoms with Crippen LogP contribution in [0.5, 0.6) is 0 Å². The van der Waals surface area contributed by atoms with Gasteiger partial charge in [0.2, 0.25) is 0 Å². The smallest absolute Gasteiger partial charge is 0.304 e. The maximum Gasteiger partial charge on any atom is 0.416 e. The van der Waals surface area contributed by atoms with Gasteiger partial charge in [0.1, 0.15) is 30.1 Å². The van der Waals surface area contributed by atoms with Gasteiger partial charge in [0.25, 0.3) is 6.54 Å². The molecule has 2 aromatic carbocycles. The number of carbonyl (C=O) groups is 1. The van der Waals surface area contributed by atoms with Gasteiger partial charge >= 0.3 is 12.4 Å². The molecular weight excluding hydrogens is 709 g/mol. The molecule has 0 saturated carbocycles. The van der Waals surface area contributed by atoms with E-state index in [1.54, 1.807) is 18.2 Å². The van der Waals surface area contributed by atoms with Crippen LogP contribution in [0.25, 0.3) is 10.9 Å². The Morgan fingerprint density at radius 2 is 1.20 bits per heavy atom. The second-order valence-corrected chi connectivity index (χ2v) is 10.2. The molecule has 0 fully saturated rings. The molecule has 253 valence electrons. The van der Waals surface area contributed by atoms with Gasteiger partial charge in [-0.2, -0.15) is 42.1 Å². The van der Waals surface area contributed by atoms with Crippen LogP contribution in [-0.2, 0) is 12.4 Å². The third kappa shape index (κ3) is 34.2. The Kier molecular flexibility index (Phi) is 34.0. The van der Waals surface area contributed by atoms with E-state index in [-0.39, 0.29) is 17.7 Å². The van der Waals surface area contributed by atoms with E-state index in [1.165, 1.54) is 44.9 Å². The largest absolute Gasteiger partial charge is 0.416 e. The van der Waals surface area contributed by atoms with Crippen LogP contribution in [0.1, 0.15) is 47.8 Å². The zero-order valence-electron chi connectivity index (χ0n) is 26.6. The molecule has 0 spiro atoms. The average Bonchev–Trinajstić information content (AvgIpc) is 3.05. The topological polar surface area (TPSA) is 96.0 Å². The van der Waals surface area contributed by atoms with Crippen LogP contribution < -0.4 is 0 Å². The minimum absolute atomic E-state index is 0.0139. The summed E-state index contributed by atoms with van der Waals surface area (Å²) in [6, 6.07) is 13.1. The molecule has 0 saturated heterocycles. The van der Waals surface area contributed by atoms with Crippen molar-refractivity contribution in [1.82, 2.24) is 4.90 Å². The number of benzene rings is 2. The number of halogens is 9. The van der Waals surface area contributed by atoms with Gasteiger partial charge < -0.3 is 9.74 Å². The highest BCUT2D eigenvalue weighted by Crippen LogP contribution is 2.30. The van der Waals surface area contributed by atoms with Crippen LogP contribution in [0.3, 0.4) is 0 Å². The summed E-state index contributed by atoms with van der Waals surface area (Å²) in [6.45, 7) is 16.1. The summed E-state index contributed by atoms with van der Waals surface area (Å²) in [7, 11) is 15.8. The summed E-state index contributed by atoms with van der Waals surface area (Å²) < 4.78 is 71.6. The zero-order chi connectivity index (χ0) is 39.1. The van der Waals surface area contributed by atoms with E-state index in [0.717, 1.165) is 36.4 Å². The minimum Gasteiger partial charge on any atom is -0.304 e. The van der Waals surface area contributed by atoms with Crippen LogP contribution in [-0.4, -0.2) is 78.3 Å². The first-order chi connectivity index (χ1) is 22.8. The van der Waals surface area contributed by atoms with Crippen molar-refractivity contribution in [3.05, 3.63) is 87.8 Å². The number of alkyl halides is 9. The van der Waals surface area contributed by atoms with E-state index in [4.69, 9.17) is 80.4 Å². The lowest BCUT2D eigenvalue weighted by molar-refractivity contribution is -0.138. The quantitative estimate of drug-likeness (QED) is 0.0582. The molecule has 0 heterocycles. The predicted octanol–water partition coefficient (Wildman–Crippen LogP) is 7.51. The van der Waals surface area contributed by atoms with E-state index in [2.05, 4.69) is 30.5 Å². The fourth-order valence-corrected chi connectivity index (χ4v) is 2.48. The number of aldehydes is 1. The maximum atomic E-state index is 12.2. The average molecular weight is 737 g/mol. The van der Waals surface area contributed by atoms with Crippen LogP contribution in [0.2, 0.25) is 0 Å². The summed E-state index contributed by atoms with van der Waals surface area (Å²) in [5.74, 6) is 0. The monoisotopic (exact) mass is 736 g/mol. The predicted molar refractivity (Wildman–Crippen MR) is 188 cm³/mol. The van der Waals surface area contributed by atoms with Crippen molar-refractivity contribution in [1.29, 1.82) is 15.8 Å². The number of hydrogen-bond donors (Lipinski definition) is 0. The molecule has 2 rings (SSSR count). The molecule has 0 bridgehead atoms. The molecule has 0 N–H and O–H groups in total. The van der Waals surface area contributed by atoms with Crippen molar-refractivity contribution in [3.63, 3.8) is 0 Å². The van der Waals surface area contributed by atoms with E-state index in [9.17, 15) is 31.1 Å². The highest BCUT2D eigenvalue weighted by molar-refractivity contribution is 7.60. The molecular formula is C29H28B5Cl3F6N5O. The molecule has 0 atom stereocenters. The fraction of sp³-hybridized carbons (Fsp3) is 0.345. The summed E-state index contributed by atoms with van der Waals surface area (Å²) in [5, 5.41) is 24.5. The first-order valence-corrected chi connectivity index (χ1v) is 14.8. The lowest BCUT2D eigenvalue weighted by Gasteiger charge is -2.13. The molecule has 6 nitrogen and oxygen atoms in total. The highest BCUT2D eigenvalue weighted by atomic mass is 35.6. The standard InChI is InChI=1S/C11H5F3N2.C8H5F3O.C6H15N.C3H2N2.CHCl3.B5/c12-11(13,14)10-3-1-8(2-4-10)5-9(6-15)7-16;9-8(10,11)7-3-1-6(5-12)2-4-7;1-4-7(5-2)6-3;1-5-3-2-4;2-1(3)4;1-4-5(2)3/h1-5H;1-5H;4-6H2,1-3H3;3H2;1H;. The van der Waals surface area contributed by atoms with Crippen LogP contribution >= 0.6 is 34.8 Å². The summed E-state index contributed by atoms with van der Waals surface area (Å²) in [4.78, 5) is 15.2. The van der Waals surface area contributed by atoms with Crippen LogP contribution in [0.4, 0.5) is 26.3 Å². The van der Waals surface area contributed by atoms with Crippen molar-refractivity contribution >= 4 is 83.8 Å². The molecule has 0 unspecified atom stereocenters. The first-order valence-electron chi connectivity index (χ1n) is 13.5. The van der Waals surface area contributed by atoms with E-state index in [0.29, 0.717) is 11.8 Å². The lowest BCUT2D eigenvalue weighted by Crippen LogP contribution is -2.23. The maximum absolute atomic E-state index is 12.2. The molecule has 0 amide bonds. The van der Waals surface area contributed by atoms with Gasteiger partial charge in [-0.25, -0.2) is 6.57 Å². The second kappa shape index (κ2) is 31.8. The van der Waals surface area contributed by atoms with Gasteiger partial charge in [-0.15, -0.1) is 0 Å². The lowest BCUT2D eigenvalue weighted by atomic mass is 8.97. The fourth-order valence-electron chi connectivity index (χ4n) is 2.48. The van der Waals surface area contributed by atoms with E-state index in [1.807, 2.05) is 0 Å². The molecule has 0 aliphatic heterocycles. The summed E-state index contributed by atoms with van der Waals surface area (Å²) in [6.07, 6.45) is -7.45. The van der Waals surface area contributed by atoms with Crippen molar-refractivity contribution in [2.45, 2.75) is 37.4 Å². The molecule has 0 aliphatic carbocycles. The number of allylic oxidation sites excluding steroid dienone is 1. The van der Waals surface area contributed by atoms with Gasteiger partial charge in [-0.3, -0.25) is 4.79 Å². The van der Waals surface area contributed by atoms with E-state index >= 15 is 0 Å². The van der Waals surface area contributed by atoms with Crippen LogP contribution in [0.15, 0.2) is 54.1 Å². The van der Waals surface area contributed by atoms with Crippen molar-refractivity contribution in [3.8, 4) is 18.2 Å². The zero-order valence-corrected chi connectivity index (χ0v) is 28.9. The second-order valence-electron chi connectivity index (χ2n) is 8.25. The number of nitrogens with zero attached hydrogens (tertiary/aromatic N) is 5. The van der Waals surface area contributed by atoms with Crippen molar-refractivity contribution in [2.24, 2.45) is 0 Å². The van der Waals surface area contributed by atoms with Gasteiger partial charge in [0, 0.05) is 42.2 Å². The highest BCUT2D eigenvalue weighted by Gasteiger charge is 2.30. The SMILES string of the molecule is CCN(CC)CC.ClC(Cl)Cl.N#CC(C#N)=Cc1ccc(C(F)(F)F)cc1.O=Cc1ccc(C(F)(F)F)cc1.[B][B]B([B])[B].[C-]#[N+]CC#N.